The lowest BCUT2D eigenvalue weighted by Crippen LogP contribution is -2.38. The van der Waals surface area contributed by atoms with Crippen molar-refractivity contribution >= 4 is 5.91 Å². The number of nitrogens with one attached hydrogen (secondary N) is 1. The molecule has 1 fully saturated rings. The zero-order valence-corrected chi connectivity index (χ0v) is 12.5. The van der Waals surface area contributed by atoms with Crippen LogP contribution in [-0.4, -0.2) is 22.6 Å². The van der Waals surface area contributed by atoms with Crippen LogP contribution in [-0.2, 0) is 4.79 Å². The van der Waals surface area contributed by atoms with Gasteiger partial charge in [0.1, 0.15) is 0 Å². The number of nitrogens with zero attached hydrogens (tertiary/aromatic N) is 1. The molecule has 1 aromatic rings. The van der Waals surface area contributed by atoms with Crippen LogP contribution in [0.25, 0.3) is 0 Å². The Kier molecular flexibility index (Phi) is 4.14. The van der Waals surface area contributed by atoms with Crippen LogP contribution in [0.3, 0.4) is 0 Å². The first-order chi connectivity index (χ1) is 9.36. The van der Waals surface area contributed by atoms with Gasteiger partial charge in [0.15, 0.2) is 0 Å². The van der Waals surface area contributed by atoms with Gasteiger partial charge in [-0.05, 0) is 36.3 Å². The Morgan fingerprint density at radius 1 is 1.50 bits per heavy atom. The maximum Gasteiger partial charge on any atom is 0.229 e. The number of aliphatic hydroxyl groups is 1. The highest BCUT2D eigenvalue weighted by Gasteiger charge is 2.49. The van der Waals surface area contributed by atoms with E-state index in [1.165, 1.54) is 0 Å². The van der Waals surface area contributed by atoms with Crippen molar-refractivity contribution in [1.29, 1.82) is 0 Å². The third-order valence-corrected chi connectivity index (χ3v) is 3.85. The second kappa shape index (κ2) is 5.52. The molecule has 1 aliphatic carbocycles. The number of hydrogen-bond donors (Lipinski definition) is 2. The number of carbonyl (C=O) groups excluding carboxylic acids is 1. The first-order valence-electron chi connectivity index (χ1n) is 7.18. The zero-order chi connectivity index (χ0) is 14.8. The molecule has 4 nitrogen and oxygen atoms in total. The van der Waals surface area contributed by atoms with Gasteiger partial charge in [0.05, 0.1) is 18.1 Å². The van der Waals surface area contributed by atoms with Gasteiger partial charge in [0.2, 0.25) is 5.91 Å². The summed E-state index contributed by atoms with van der Waals surface area (Å²) >= 11 is 0. The Morgan fingerprint density at radius 3 is 2.65 bits per heavy atom. The first kappa shape index (κ1) is 15.0. The molecule has 0 aromatic carbocycles. The smallest absolute Gasteiger partial charge is 0.229 e. The number of pyridine rings is 1. The lowest BCUT2D eigenvalue weighted by molar-refractivity contribution is -0.128. The molecule has 110 valence electrons. The van der Waals surface area contributed by atoms with Gasteiger partial charge in [0.25, 0.3) is 0 Å². The minimum atomic E-state index is -0.529. The van der Waals surface area contributed by atoms with Crippen molar-refractivity contribution in [3.05, 3.63) is 30.1 Å². The molecule has 20 heavy (non-hydrogen) atoms. The van der Waals surface area contributed by atoms with Crippen LogP contribution >= 0.6 is 0 Å². The van der Waals surface area contributed by atoms with E-state index in [-0.39, 0.29) is 24.0 Å². The summed E-state index contributed by atoms with van der Waals surface area (Å²) in [5.41, 5.74) is 0.590. The molecule has 2 N–H and O–H groups in total. The van der Waals surface area contributed by atoms with Crippen LogP contribution in [0.15, 0.2) is 24.5 Å². The molecule has 1 heterocycles. The molecule has 1 amide bonds. The van der Waals surface area contributed by atoms with E-state index in [2.05, 4.69) is 31.1 Å². The van der Waals surface area contributed by atoms with Crippen molar-refractivity contribution in [3.63, 3.8) is 0 Å². The monoisotopic (exact) mass is 276 g/mol. The fourth-order valence-electron chi connectivity index (χ4n) is 2.37. The molecule has 0 saturated heterocycles. The molecule has 1 aromatic heterocycles. The van der Waals surface area contributed by atoms with Gasteiger partial charge in [0, 0.05) is 12.4 Å². The Morgan fingerprint density at radius 2 is 2.20 bits per heavy atom. The standard InChI is InChI=1S/C16H24N2O2/c1-15(2,3)9-13(12-5-4-8-17-10-12)18-14(20)16(11-19)6-7-16/h4-5,8,10,13,19H,6-7,9,11H2,1-3H3,(H,18,20)/t13-/m1/s1. The van der Waals surface area contributed by atoms with Crippen molar-refractivity contribution < 1.29 is 9.90 Å². The zero-order valence-electron chi connectivity index (χ0n) is 12.5. The lowest BCUT2D eigenvalue weighted by Gasteiger charge is -2.28. The molecular formula is C16H24N2O2. The van der Waals surface area contributed by atoms with Crippen LogP contribution < -0.4 is 5.32 Å². The van der Waals surface area contributed by atoms with Crippen molar-refractivity contribution in [2.24, 2.45) is 10.8 Å². The largest absolute Gasteiger partial charge is 0.395 e. The maximum atomic E-state index is 12.3. The highest BCUT2D eigenvalue weighted by atomic mass is 16.3. The summed E-state index contributed by atoms with van der Waals surface area (Å²) in [7, 11) is 0. The molecule has 0 aliphatic heterocycles. The van der Waals surface area contributed by atoms with Crippen molar-refractivity contribution in [3.8, 4) is 0 Å². The van der Waals surface area contributed by atoms with E-state index in [0.717, 1.165) is 24.8 Å². The van der Waals surface area contributed by atoms with Gasteiger partial charge in [-0.3, -0.25) is 9.78 Å². The van der Waals surface area contributed by atoms with Crippen molar-refractivity contribution in [2.75, 3.05) is 6.61 Å². The summed E-state index contributed by atoms with van der Waals surface area (Å²) in [4.78, 5) is 16.5. The summed E-state index contributed by atoms with van der Waals surface area (Å²) in [5, 5.41) is 12.5. The van der Waals surface area contributed by atoms with E-state index in [0.29, 0.717) is 0 Å². The summed E-state index contributed by atoms with van der Waals surface area (Å²) in [6, 6.07) is 3.82. The van der Waals surface area contributed by atoms with E-state index >= 15 is 0 Å². The first-order valence-corrected chi connectivity index (χ1v) is 7.18. The van der Waals surface area contributed by atoms with Gasteiger partial charge in [-0.25, -0.2) is 0 Å². The Labute approximate surface area is 120 Å². The average Bonchev–Trinajstić information content (AvgIpc) is 3.18. The molecule has 0 bridgehead atoms. The highest BCUT2D eigenvalue weighted by Crippen LogP contribution is 2.46. The molecule has 1 saturated carbocycles. The van der Waals surface area contributed by atoms with Gasteiger partial charge in [-0.15, -0.1) is 0 Å². The highest BCUT2D eigenvalue weighted by molar-refractivity contribution is 5.85. The van der Waals surface area contributed by atoms with E-state index < -0.39 is 5.41 Å². The lowest BCUT2D eigenvalue weighted by atomic mass is 9.85. The normalized spacial score (nSPS) is 18.4. The SMILES string of the molecule is CC(C)(C)C[C@@H](NC(=O)C1(CO)CC1)c1cccnc1. The summed E-state index contributed by atoms with van der Waals surface area (Å²) < 4.78 is 0. The number of aromatic nitrogens is 1. The van der Waals surface area contributed by atoms with Crippen molar-refractivity contribution in [1.82, 2.24) is 10.3 Å². The number of hydrogen-bond acceptors (Lipinski definition) is 3. The number of carbonyl (C=O) groups is 1. The Balaban J connectivity index is 2.13. The maximum absolute atomic E-state index is 12.3. The number of rotatable bonds is 5. The summed E-state index contributed by atoms with van der Waals surface area (Å²) in [6.45, 7) is 6.40. The minimum Gasteiger partial charge on any atom is -0.395 e. The van der Waals surface area contributed by atoms with Gasteiger partial charge in [-0.2, -0.15) is 0 Å². The van der Waals surface area contributed by atoms with Crippen LogP contribution in [0, 0.1) is 10.8 Å². The summed E-state index contributed by atoms with van der Waals surface area (Å²) in [5.74, 6) is -0.0295. The van der Waals surface area contributed by atoms with Crippen molar-refractivity contribution in [2.45, 2.75) is 46.1 Å². The quantitative estimate of drug-likeness (QED) is 0.868. The predicted octanol–water partition coefficient (Wildman–Crippen LogP) is 2.45. The number of aliphatic hydroxyl groups excluding tert-OH is 1. The topological polar surface area (TPSA) is 62.2 Å². The average molecular weight is 276 g/mol. The van der Waals surface area contributed by atoms with E-state index in [1.54, 1.807) is 12.4 Å². The molecule has 0 radical (unpaired) electrons. The second-order valence-corrected chi connectivity index (χ2v) is 7.02. The molecule has 1 aliphatic rings. The Bertz CT molecular complexity index is 461. The van der Waals surface area contributed by atoms with E-state index in [9.17, 15) is 9.90 Å². The molecule has 0 spiro atoms. The van der Waals surface area contributed by atoms with Crippen LogP contribution in [0.4, 0.5) is 0 Å². The molecule has 4 heteroatoms. The fourth-order valence-corrected chi connectivity index (χ4v) is 2.37. The summed E-state index contributed by atoms with van der Waals surface area (Å²) in [6.07, 6.45) is 5.94. The third kappa shape index (κ3) is 3.57. The van der Waals surface area contributed by atoms with Gasteiger partial charge in [-0.1, -0.05) is 26.8 Å². The van der Waals surface area contributed by atoms with Crippen LogP contribution in [0.2, 0.25) is 0 Å². The van der Waals surface area contributed by atoms with E-state index in [1.807, 2.05) is 12.1 Å². The van der Waals surface area contributed by atoms with Crippen LogP contribution in [0.1, 0.15) is 51.6 Å². The molecule has 1 atom stereocenters. The number of amides is 1. The molecular weight excluding hydrogens is 252 g/mol. The van der Waals surface area contributed by atoms with Gasteiger partial charge >= 0.3 is 0 Å². The van der Waals surface area contributed by atoms with E-state index in [4.69, 9.17) is 0 Å². The fraction of sp³-hybridized carbons (Fsp3) is 0.625. The van der Waals surface area contributed by atoms with Crippen LogP contribution in [0.5, 0.6) is 0 Å². The predicted molar refractivity (Wildman–Crippen MR) is 77.9 cm³/mol. The third-order valence-electron chi connectivity index (χ3n) is 3.85. The minimum absolute atomic E-state index is 0.0295. The Hall–Kier alpha value is -1.42. The molecule has 2 rings (SSSR count). The second-order valence-electron chi connectivity index (χ2n) is 7.02. The van der Waals surface area contributed by atoms with Gasteiger partial charge < -0.3 is 10.4 Å². The molecule has 0 unspecified atom stereocenters.